The Balaban J connectivity index is 0.00000276. The van der Waals surface area contributed by atoms with Crippen molar-refractivity contribution < 1.29 is 21.1 Å². The predicted octanol–water partition coefficient (Wildman–Crippen LogP) is 7.81. The van der Waals surface area contributed by atoms with Gasteiger partial charge < -0.3 is 14.1 Å². The zero-order chi connectivity index (χ0) is 26.6. The molecule has 0 spiro atoms. The van der Waals surface area contributed by atoms with Crippen molar-refractivity contribution in [1.29, 1.82) is 5.26 Å². The molecule has 4 aromatic carbocycles. The third kappa shape index (κ3) is 3.73. The Labute approximate surface area is 250 Å². The summed E-state index contributed by atoms with van der Waals surface area (Å²) in [5.74, 6) is 0. The molecular formula is C35H19N5Pt. The standard InChI is InChI=1S/C35H19N5.Pt/c36-22-28-32-26-15-4-6-18-30(26)39(24-12-2-1-3-13-24)34(32)38-35-33(28)27-16-5-7-19-31(27)40(35)25-14-10-11-23(21-25)29-17-8-9-20-37-29;/h1-12,14-20H;/q-2;+2. The number of pyridine rings is 2. The van der Waals surface area contributed by atoms with E-state index in [0.29, 0.717) is 11.2 Å². The van der Waals surface area contributed by atoms with E-state index in [2.05, 4.69) is 56.6 Å². The molecular weight excluding hydrogens is 685 g/mol. The summed E-state index contributed by atoms with van der Waals surface area (Å²) < 4.78 is 4.20. The molecule has 4 heterocycles. The third-order valence-corrected chi connectivity index (χ3v) is 7.42. The fourth-order valence-corrected chi connectivity index (χ4v) is 5.76. The summed E-state index contributed by atoms with van der Waals surface area (Å²) in [5.41, 5.74) is 7.42. The molecule has 0 N–H and O–H groups in total. The SMILES string of the molecule is N#Cc1c2c3ccccc3n(-c3[c-]cccc3)c2nc2c1c1ccccc1n2-c1[c-]c(-c2ccccn2)ccc1.[Pt+2]. The van der Waals surface area contributed by atoms with Crippen LogP contribution in [0.15, 0.2) is 115 Å². The van der Waals surface area contributed by atoms with Crippen molar-refractivity contribution in [3.63, 3.8) is 0 Å². The van der Waals surface area contributed by atoms with Crippen LogP contribution in [-0.4, -0.2) is 19.1 Å². The fourth-order valence-electron chi connectivity index (χ4n) is 5.76. The number of hydrogen-bond acceptors (Lipinski definition) is 3. The van der Waals surface area contributed by atoms with Crippen molar-refractivity contribution in [2.75, 3.05) is 0 Å². The van der Waals surface area contributed by atoms with E-state index in [9.17, 15) is 5.26 Å². The van der Waals surface area contributed by atoms with Crippen molar-refractivity contribution in [2.24, 2.45) is 0 Å². The van der Waals surface area contributed by atoms with Gasteiger partial charge in [0.05, 0.1) is 16.6 Å². The van der Waals surface area contributed by atoms with Crippen LogP contribution in [-0.2, 0) is 21.1 Å². The van der Waals surface area contributed by atoms with E-state index in [1.807, 2.05) is 84.9 Å². The number of aromatic nitrogens is 4. The first-order chi connectivity index (χ1) is 19.8. The summed E-state index contributed by atoms with van der Waals surface area (Å²) >= 11 is 0. The second kappa shape index (κ2) is 9.85. The van der Waals surface area contributed by atoms with Crippen LogP contribution in [0.5, 0.6) is 0 Å². The molecule has 6 heteroatoms. The van der Waals surface area contributed by atoms with Crippen LogP contribution in [0, 0.1) is 23.5 Å². The molecule has 41 heavy (non-hydrogen) atoms. The molecule has 0 saturated carbocycles. The van der Waals surface area contributed by atoms with Crippen LogP contribution in [0.25, 0.3) is 66.5 Å². The van der Waals surface area contributed by atoms with Gasteiger partial charge in [0.2, 0.25) is 0 Å². The molecule has 0 saturated heterocycles. The van der Waals surface area contributed by atoms with Crippen LogP contribution < -0.4 is 0 Å². The van der Waals surface area contributed by atoms with E-state index in [-0.39, 0.29) is 21.1 Å². The number of hydrogen-bond donors (Lipinski definition) is 0. The summed E-state index contributed by atoms with van der Waals surface area (Å²) in [6.45, 7) is 0. The molecule has 0 radical (unpaired) electrons. The molecule has 8 aromatic rings. The molecule has 0 amide bonds. The average Bonchev–Trinajstić information content (AvgIpc) is 3.54. The number of nitriles is 1. The molecule has 0 aliphatic rings. The van der Waals surface area contributed by atoms with E-state index in [1.165, 1.54) is 0 Å². The molecule has 194 valence electrons. The largest absolute Gasteiger partial charge is 2.00 e. The minimum absolute atomic E-state index is 0. The zero-order valence-corrected chi connectivity index (χ0v) is 23.8. The van der Waals surface area contributed by atoms with Gasteiger partial charge in [-0.2, -0.15) is 29.5 Å². The molecule has 0 fully saturated rings. The second-order valence-corrected chi connectivity index (χ2v) is 9.61. The van der Waals surface area contributed by atoms with Gasteiger partial charge in [-0.25, -0.2) is 4.98 Å². The van der Waals surface area contributed by atoms with Crippen LogP contribution in [0.4, 0.5) is 0 Å². The van der Waals surface area contributed by atoms with Crippen LogP contribution in [0.3, 0.4) is 0 Å². The van der Waals surface area contributed by atoms with Gasteiger partial charge in [0, 0.05) is 27.7 Å². The van der Waals surface area contributed by atoms with E-state index in [1.54, 1.807) is 6.20 Å². The van der Waals surface area contributed by atoms with E-state index >= 15 is 0 Å². The van der Waals surface area contributed by atoms with Gasteiger partial charge in [-0.3, -0.25) is 0 Å². The molecule has 0 unspecified atom stereocenters. The number of para-hydroxylation sites is 3. The molecule has 0 bridgehead atoms. The number of benzene rings is 4. The average molecular weight is 705 g/mol. The van der Waals surface area contributed by atoms with Gasteiger partial charge in [-0.1, -0.05) is 54.2 Å². The third-order valence-electron chi connectivity index (χ3n) is 7.42. The monoisotopic (exact) mass is 704 g/mol. The molecule has 5 nitrogen and oxygen atoms in total. The maximum absolute atomic E-state index is 10.7. The van der Waals surface area contributed by atoms with Gasteiger partial charge in [-0.15, -0.1) is 35.9 Å². The summed E-state index contributed by atoms with van der Waals surface area (Å²) in [6.07, 6.45) is 1.78. The normalized spacial score (nSPS) is 11.2. The molecule has 0 aliphatic carbocycles. The van der Waals surface area contributed by atoms with Crippen molar-refractivity contribution in [1.82, 2.24) is 19.1 Å². The number of nitrogens with zero attached hydrogens (tertiary/aromatic N) is 5. The maximum Gasteiger partial charge on any atom is 2.00 e. The quantitative estimate of drug-likeness (QED) is 0.177. The molecule has 8 rings (SSSR count). The minimum Gasteiger partial charge on any atom is -0.318 e. The Kier molecular flexibility index (Phi) is 6.00. The van der Waals surface area contributed by atoms with Crippen molar-refractivity contribution in [3.05, 3.63) is 133 Å². The Morgan fingerprint density at radius 1 is 0.659 bits per heavy atom. The maximum atomic E-state index is 10.7. The first kappa shape index (κ1) is 25.0. The van der Waals surface area contributed by atoms with Crippen molar-refractivity contribution in [2.45, 2.75) is 0 Å². The van der Waals surface area contributed by atoms with Crippen LogP contribution >= 0.6 is 0 Å². The Hall–Kier alpha value is -5.04. The van der Waals surface area contributed by atoms with E-state index < -0.39 is 0 Å². The second-order valence-electron chi connectivity index (χ2n) is 9.61. The molecule has 0 aliphatic heterocycles. The van der Waals surface area contributed by atoms with Crippen LogP contribution in [0.1, 0.15) is 5.56 Å². The first-order valence-corrected chi connectivity index (χ1v) is 13.0. The smallest absolute Gasteiger partial charge is 0.318 e. The summed E-state index contributed by atoms with van der Waals surface area (Å²) in [6, 6.07) is 45.6. The fraction of sp³-hybridized carbons (Fsp3) is 0. The van der Waals surface area contributed by atoms with Crippen molar-refractivity contribution in [3.8, 4) is 28.7 Å². The topological polar surface area (TPSA) is 59.4 Å². The Morgan fingerprint density at radius 2 is 1.29 bits per heavy atom. The zero-order valence-electron chi connectivity index (χ0n) is 21.5. The van der Waals surface area contributed by atoms with Gasteiger partial charge in [0.25, 0.3) is 0 Å². The number of fused-ring (bicyclic) bond motifs is 6. The summed E-state index contributed by atoms with van der Waals surface area (Å²) in [7, 11) is 0. The number of rotatable bonds is 3. The van der Waals surface area contributed by atoms with E-state index in [0.717, 1.165) is 60.9 Å². The van der Waals surface area contributed by atoms with Gasteiger partial charge in [0.1, 0.15) is 17.4 Å². The van der Waals surface area contributed by atoms with Gasteiger partial charge in [-0.05, 0) is 29.6 Å². The first-order valence-electron chi connectivity index (χ1n) is 13.0. The Bertz CT molecular complexity index is 2280. The molecule has 4 aromatic heterocycles. The summed E-state index contributed by atoms with van der Waals surface area (Å²) in [5, 5.41) is 14.3. The van der Waals surface area contributed by atoms with Gasteiger partial charge >= 0.3 is 21.1 Å². The Morgan fingerprint density at radius 3 is 1.93 bits per heavy atom. The van der Waals surface area contributed by atoms with Crippen LogP contribution in [0.2, 0.25) is 0 Å². The summed E-state index contributed by atoms with van der Waals surface area (Å²) in [4.78, 5) is 9.86. The van der Waals surface area contributed by atoms with E-state index in [4.69, 9.17) is 4.98 Å². The minimum atomic E-state index is 0. The molecule has 0 atom stereocenters. The van der Waals surface area contributed by atoms with Crippen molar-refractivity contribution >= 4 is 43.9 Å². The predicted molar refractivity (Wildman–Crippen MR) is 159 cm³/mol. The van der Waals surface area contributed by atoms with Gasteiger partial charge in [0.15, 0.2) is 0 Å².